The number of aryl methyl sites for hydroxylation is 1. The van der Waals surface area contributed by atoms with Crippen molar-refractivity contribution in [2.45, 2.75) is 65.3 Å². The van der Waals surface area contributed by atoms with Crippen LogP contribution in [0.2, 0.25) is 0 Å². The van der Waals surface area contributed by atoms with E-state index in [2.05, 4.69) is 55.3 Å². The van der Waals surface area contributed by atoms with Gasteiger partial charge in [-0.15, -0.1) is 10.2 Å². The van der Waals surface area contributed by atoms with Gasteiger partial charge in [-0.25, -0.2) is 4.39 Å². The molecule has 1 amide bonds. The van der Waals surface area contributed by atoms with Crippen molar-refractivity contribution < 1.29 is 13.9 Å². The minimum atomic E-state index is -0.386. The van der Waals surface area contributed by atoms with E-state index in [1.807, 2.05) is 30.5 Å². The normalized spacial score (nSPS) is 12.3. The number of nitrogens with one attached hydrogen (secondary N) is 1. The maximum absolute atomic E-state index is 13.5. The molecule has 0 aliphatic heterocycles. The van der Waals surface area contributed by atoms with Crippen LogP contribution in [0.25, 0.3) is 0 Å². The maximum atomic E-state index is 13.5. The third-order valence-electron chi connectivity index (χ3n) is 5.32. The van der Waals surface area contributed by atoms with Crippen LogP contribution in [0.4, 0.5) is 10.1 Å². The first-order chi connectivity index (χ1) is 16.1. The molecule has 3 rings (SSSR count). The molecule has 0 spiro atoms. The molecule has 0 aliphatic rings. The number of benzene rings is 2. The Morgan fingerprint density at radius 3 is 2.44 bits per heavy atom. The lowest BCUT2D eigenvalue weighted by Gasteiger charge is -2.18. The second-order valence-corrected chi connectivity index (χ2v) is 10.1. The number of carbonyl (C=O) groups excluding carboxylic acids is 1. The van der Waals surface area contributed by atoms with Gasteiger partial charge < -0.3 is 14.6 Å². The first-order valence-electron chi connectivity index (χ1n) is 11.5. The fraction of sp³-hybridized carbons (Fsp3) is 0.423. The third kappa shape index (κ3) is 6.82. The van der Waals surface area contributed by atoms with Crippen LogP contribution in [0.5, 0.6) is 5.75 Å². The highest BCUT2D eigenvalue weighted by Crippen LogP contribution is 2.27. The zero-order valence-corrected chi connectivity index (χ0v) is 21.4. The van der Waals surface area contributed by atoms with Crippen LogP contribution in [0.1, 0.15) is 63.6 Å². The molecule has 0 saturated heterocycles. The van der Waals surface area contributed by atoms with Gasteiger partial charge in [0.25, 0.3) is 0 Å². The molecule has 0 bridgehead atoms. The fourth-order valence-electron chi connectivity index (χ4n) is 3.48. The highest BCUT2D eigenvalue weighted by Gasteiger charge is 2.21. The molecule has 1 unspecified atom stereocenters. The van der Waals surface area contributed by atoms with Crippen molar-refractivity contribution in [2.75, 3.05) is 11.1 Å². The molecule has 1 atom stereocenters. The number of ether oxygens (including phenoxy) is 1. The smallest absolute Gasteiger partial charge is 0.234 e. The average molecular weight is 485 g/mol. The summed E-state index contributed by atoms with van der Waals surface area (Å²) in [6.07, 6.45) is -0.311. The molecule has 2 aromatic carbocycles. The van der Waals surface area contributed by atoms with E-state index in [4.69, 9.17) is 4.74 Å². The quantitative estimate of drug-likeness (QED) is 0.338. The summed E-state index contributed by atoms with van der Waals surface area (Å²) in [6.45, 7) is 13.0. The number of carbonyl (C=O) groups is 1. The number of anilines is 1. The lowest BCUT2D eigenvalue weighted by Crippen LogP contribution is -2.17. The minimum absolute atomic E-state index is 0.137. The number of rotatable bonds is 10. The van der Waals surface area contributed by atoms with E-state index < -0.39 is 0 Å². The highest BCUT2D eigenvalue weighted by atomic mass is 32.2. The van der Waals surface area contributed by atoms with Gasteiger partial charge in [0.15, 0.2) is 17.1 Å². The Labute approximate surface area is 205 Å². The first-order valence-corrected chi connectivity index (χ1v) is 12.5. The molecule has 0 saturated carbocycles. The zero-order valence-electron chi connectivity index (χ0n) is 20.6. The van der Waals surface area contributed by atoms with Crippen molar-refractivity contribution >= 4 is 23.4 Å². The second-order valence-electron chi connectivity index (χ2n) is 9.13. The van der Waals surface area contributed by atoms with E-state index in [1.165, 1.54) is 29.5 Å². The van der Waals surface area contributed by atoms with Crippen molar-refractivity contribution in [2.24, 2.45) is 5.92 Å². The molecule has 8 heteroatoms. The van der Waals surface area contributed by atoms with E-state index in [0.29, 0.717) is 35.0 Å². The summed E-state index contributed by atoms with van der Waals surface area (Å²) >= 11 is 1.30. The van der Waals surface area contributed by atoms with Gasteiger partial charge in [0.1, 0.15) is 11.6 Å². The molecule has 6 nitrogen and oxygen atoms in total. The molecule has 1 N–H and O–H groups in total. The summed E-state index contributed by atoms with van der Waals surface area (Å²) < 4.78 is 21.7. The minimum Gasteiger partial charge on any atom is -0.483 e. The maximum Gasteiger partial charge on any atom is 0.234 e. The van der Waals surface area contributed by atoms with E-state index in [1.54, 1.807) is 6.07 Å². The molecular formula is C26H33FN4O2S. The van der Waals surface area contributed by atoms with Crippen molar-refractivity contribution in [3.05, 3.63) is 65.2 Å². The topological polar surface area (TPSA) is 69.0 Å². The Bertz CT molecular complexity index is 1110. The number of nitrogens with zero attached hydrogens (tertiary/aromatic N) is 3. The lowest BCUT2D eigenvalue weighted by atomic mass is 10.0. The number of halogens is 1. The fourth-order valence-corrected chi connectivity index (χ4v) is 4.23. The monoisotopic (exact) mass is 484 g/mol. The van der Waals surface area contributed by atoms with Gasteiger partial charge in [-0.2, -0.15) is 0 Å². The number of hydrogen-bond donors (Lipinski definition) is 1. The van der Waals surface area contributed by atoms with Crippen molar-refractivity contribution in [1.29, 1.82) is 0 Å². The van der Waals surface area contributed by atoms with Gasteiger partial charge in [-0.1, -0.05) is 57.7 Å². The van der Waals surface area contributed by atoms with Gasteiger partial charge in [0.2, 0.25) is 5.91 Å². The van der Waals surface area contributed by atoms with Crippen molar-refractivity contribution in [3.8, 4) is 5.75 Å². The molecule has 34 heavy (non-hydrogen) atoms. The number of thioether (sulfide) groups is 1. The average Bonchev–Trinajstić information content (AvgIpc) is 3.17. The Kier molecular flexibility index (Phi) is 8.72. The molecule has 1 aromatic heterocycles. The Hall–Kier alpha value is -2.87. The van der Waals surface area contributed by atoms with Gasteiger partial charge in [-0.05, 0) is 61.1 Å². The van der Waals surface area contributed by atoms with Crippen LogP contribution in [-0.4, -0.2) is 26.4 Å². The second kappa shape index (κ2) is 11.5. The summed E-state index contributed by atoms with van der Waals surface area (Å²) in [6, 6.07) is 12.4. The van der Waals surface area contributed by atoms with E-state index >= 15 is 0 Å². The standard InChI is InChI=1S/C26H33FN4O2S/c1-16(2)14-31-25(19(6)33-22-11-8-20(9-12-22)17(3)4)29-30-26(31)34-15-24(32)28-23-13-21(27)10-7-18(23)5/h7-13,16-17,19H,14-15H2,1-6H3,(H,28,32). The molecule has 182 valence electrons. The lowest BCUT2D eigenvalue weighted by molar-refractivity contribution is -0.113. The number of hydrogen-bond acceptors (Lipinski definition) is 5. The van der Waals surface area contributed by atoms with Crippen molar-refractivity contribution in [3.63, 3.8) is 0 Å². The van der Waals surface area contributed by atoms with Crippen LogP contribution < -0.4 is 10.1 Å². The van der Waals surface area contributed by atoms with Gasteiger partial charge >= 0.3 is 0 Å². The molecule has 0 fully saturated rings. The van der Waals surface area contributed by atoms with Crippen LogP contribution in [0, 0.1) is 18.7 Å². The Morgan fingerprint density at radius 1 is 1.09 bits per heavy atom. The largest absolute Gasteiger partial charge is 0.483 e. The number of amides is 1. The van der Waals surface area contributed by atoms with Gasteiger partial charge in [0.05, 0.1) is 5.75 Å². The highest BCUT2D eigenvalue weighted by molar-refractivity contribution is 7.99. The van der Waals surface area contributed by atoms with E-state index in [9.17, 15) is 9.18 Å². The van der Waals surface area contributed by atoms with Crippen molar-refractivity contribution in [1.82, 2.24) is 14.8 Å². The summed E-state index contributed by atoms with van der Waals surface area (Å²) in [5.74, 6) is 1.83. The summed E-state index contributed by atoms with van der Waals surface area (Å²) in [4.78, 5) is 12.5. The molecule has 0 radical (unpaired) electrons. The van der Waals surface area contributed by atoms with Crippen LogP contribution in [0.3, 0.4) is 0 Å². The first kappa shape index (κ1) is 25.7. The summed E-state index contributed by atoms with van der Waals surface area (Å²) in [5.41, 5.74) is 2.53. The molecule has 3 aromatic rings. The Morgan fingerprint density at radius 2 is 1.79 bits per heavy atom. The molecular weight excluding hydrogens is 451 g/mol. The van der Waals surface area contributed by atoms with Crippen LogP contribution in [0.15, 0.2) is 47.6 Å². The van der Waals surface area contributed by atoms with Gasteiger partial charge in [0, 0.05) is 12.2 Å². The SMILES string of the molecule is Cc1ccc(F)cc1NC(=O)CSc1nnc(C(C)Oc2ccc(C(C)C)cc2)n1CC(C)C. The summed E-state index contributed by atoms with van der Waals surface area (Å²) in [5, 5.41) is 12.1. The zero-order chi connectivity index (χ0) is 24.8. The van der Waals surface area contributed by atoms with Crippen LogP contribution >= 0.6 is 11.8 Å². The predicted octanol–water partition coefficient (Wildman–Crippen LogP) is 6.38. The molecule has 0 aliphatic carbocycles. The van der Waals surface area contributed by atoms with E-state index in [-0.39, 0.29) is 23.6 Å². The number of aromatic nitrogens is 3. The van der Waals surface area contributed by atoms with Gasteiger partial charge in [-0.3, -0.25) is 4.79 Å². The van der Waals surface area contributed by atoms with Crippen LogP contribution in [-0.2, 0) is 11.3 Å². The third-order valence-corrected chi connectivity index (χ3v) is 6.29. The Balaban J connectivity index is 1.70. The van der Waals surface area contributed by atoms with E-state index in [0.717, 1.165) is 11.3 Å². The predicted molar refractivity (Wildman–Crippen MR) is 135 cm³/mol. The summed E-state index contributed by atoms with van der Waals surface area (Å²) in [7, 11) is 0. The molecule has 1 heterocycles.